The molecule has 0 N–H and O–H groups in total. The minimum Gasteiger partial charge on any atom is -0.103 e. The molecule has 100 valence electrons. The van der Waals surface area contributed by atoms with Crippen LogP contribution in [0, 0.1) is 0 Å². The van der Waals surface area contributed by atoms with Crippen LogP contribution in [0.1, 0.15) is 48.5 Å². The molecule has 0 aromatic rings. The second kappa shape index (κ2) is 29.3. The number of allylic oxidation sites excluding steroid dienone is 7. The van der Waals surface area contributed by atoms with E-state index in [1.807, 2.05) is 53.7 Å². The highest BCUT2D eigenvalue weighted by molar-refractivity contribution is 5.38. The average molecular weight is 236 g/mol. The summed E-state index contributed by atoms with van der Waals surface area (Å²) in [4.78, 5) is 0. The van der Waals surface area contributed by atoms with Crippen LogP contribution < -0.4 is 0 Å². The van der Waals surface area contributed by atoms with Gasteiger partial charge in [0.25, 0.3) is 0 Å². The van der Waals surface area contributed by atoms with Crippen LogP contribution in [0.2, 0.25) is 0 Å². The molecule has 17 heavy (non-hydrogen) atoms. The average Bonchev–Trinajstić information content (AvgIpc) is 2.40. The quantitative estimate of drug-likeness (QED) is 0.388. The van der Waals surface area contributed by atoms with Crippen molar-refractivity contribution in [3.8, 4) is 0 Å². The van der Waals surface area contributed by atoms with Gasteiger partial charge in [0.1, 0.15) is 0 Å². The first-order chi connectivity index (χ1) is 8.17. The Kier molecular flexibility index (Phi) is 42.7. The fourth-order valence-corrected chi connectivity index (χ4v) is 0.654. The molecule has 0 heterocycles. The molecule has 0 rings (SSSR count). The van der Waals surface area contributed by atoms with Gasteiger partial charge in [-0.25, -0.2) is 0 Å². The van der Waals surface area contributed by atoms with Gasteiger partial charge in [0, 0.05) is 0 Å². The molecule has 0 aliphatic rings. The van der Waals surface area contributed by atoms with Crippen LogP contribution in [0.5, 0.6) is 0 Å². The maximum absolute atomic E-state index is 3.69. The predicted molar refractivity (Wildman–Crippen MR) is 86.5 cm³/mol. The van der Waals surface area contributed by atoms with Crippen molar-refractivity contribution in [2.24, 2.45) is 0 Å². The van der Waals surface area contributed by atoms with E-state index < -0.39 is 0 Å². The molecule has 0 nitrogen and oxygen atoms in total. The number of hydrogen-bond donors (Lipinski definition) is 0. The molecule has 0 heteroatoms. The van der Waals surface area contributed by atoms with Gasteiger partial charge >= 0.3 is 0 Å². The second-order valence-corrected chi connectivity index (χ2v) is 2.44. The van der Waals surface area contributed by atoms with Crippen LogP contribution in [0.15, 0.2) is 61.3 Å². The minimum atomic E-state index is 1.14. The molecule has 0 unspecified atom stereocenters. The summed E-state index contributed by atoms with van der Waals surface area (Å²) in [6, 6.07) is 0. The first-order valence-corrected chi connectivity index (χ1v) is 6.33. The molecule has 0 aliphatic heterocycles. The third-order valence-corrected chi connectivity index (χ3v) is 1.41. The second-order valence-electron chi connectivity index (χ2n) is 2.44. The van der Waals surface area contributed by atoms with Crippen molar-refractivity contribution in [1.29, 1.82) is 0 Å². The molecule has 0 fully saturated rings. The zero-order valence-corrected chi connectivity index (χ0v) is 13.0. The van der Waals surface area contributed by atoms with Crippen LogP contribution in [0.3, 0.4) is 0 Å². The van der Waals surface area contributed by atoms with Gasteiger partial charge in [0.05, 0.1) is 0 Å². The smallest absolute Gasteiger partial charge is 0.0237 e. The maximum atomic E-state index is 3.69. The normalized spacial score (nSPS) is 9.12. The summed E-state index contributed by atoms with van der Waals surface area (Å²) in [5.74, 6) is 0. The van der Waals surface area contributed by atoms with Crippen LogP contribution in [-0.2, 0) is 0 Å². The molecule has 0 spiro atoms. The Labute approximate surface area is 110 Å². The zero-order chi connectivity index (χ0) is 14.7. The SMILES string of the molecule is C=C/C=C(C=C)\C(C)=C/C.C=CC.CC.CC. The third-order valence-electron chi connectivity index (χ3n) is 1.41. The van der Waals surface area contributed by atoms with Crippen molar-refractivity contribution in [3.05, 3.63) is 61.3 Å². The summed E-state index contributed by atoms with van der Waals surface area (Å²) in [5, 5.41) is 0. The van der Waals surface area contributed by atoms with E-state index in [2.05, 4.69) is 32.7 Å². The fourth-order valence-electron chi connectivity index (χ4n) is 0.654. The molecule has 0 aliphatic carbocycles. The van der Waals surface area contributed by atoms with E-state index in [-0.39, 0.29) is 0 Å². The summed E-state index contributed by atoms with van der Waals surface area (Å²) >= 11 is 0. The summed E-state index contributed by atoms with van der Waals surface area (Å²) in [6.45, 7) is 24.6. The summed E-state index contributed by atoms with van der Waals surface area (Å²) < 4.78 is 0. The van der Waals surface area contributed by atoms with E-state index in [1.165, 1.54) is 5.57 Å². The van der Waals surface area contributed by atoms with Gasteiger partial charge in [-0.15, -0.1) is 6.58 Å². The van der Waals surface area contributed by atoms with Crippen LogP contribution in [0.25, 0.3) is 0 Å². The van der Waals surface area contributed by atoms with Crippen molar-refractivity contribution in [2.45, 2.75) is 48.5 Å². The monoisotopic (exact) mass is 236 g/mol. The lowest BCUT2D eigenvalue weighted by Crippen LogP contribution is -1.77. The van der Waals surface area contributed by atoms with E-state index in [0.29, 0.717) is 0 Å². The van der Waals surface area contributed by atoms with Crippen LogP contribution in [0.4, 0.5) is 0 Å². The molecular weight excluding hydrogens is 204 g/mol. The van der Waals surface area contributed by atoms with Gasteiger partial charge in [-0.05, 0) is 31.9 Å². The lowest BCUT2D eigenvalue weighted by atomic mass is 10.1. The molecule has 0 saturated heterocycles. The first-order valence-electron chi connectivity index (χ1n) is 6.33. The molecule has 0 atom stereocenters. The zero-order valence-electron chi connectivity index (χ0n) is 13.0. The lowest BCUT2D eigenvalue weighted by Gasteiger charge is -1.97. The van der Waals surface area contributed by atoms with Crippen molar-refractivity contribution in [2.75, 3.05) is 0 Å². The fraction of sp³-hybridized carbons (Fsp3) is 0.412. The topological polar surface area (TPSA) is 0 Å². The van der Waals surface area contributed by atoms with E-state index >= 15 is 0 Å². The van der Waals surface area contributed by atoms with E-state index in [4.69, 9.17) is 0 Å². The van der Waals surface area contributed by atoms with E-state index in [0.717, 1.165) is 5.57 Å². The Bertz CT molecular complexity index is 214. The highest BCUT2D eigenvalue weighted by Gasteiger charge is 1.89. The Morgan fingerprint density at radius 1 is 0.882 bits per heavy atom. The van der Waals surface area contributed by atoms with Gasteiger partial charge in [-0.2, -0.15) is 0 Å². The molecule has 0 saturated carbocycles. The Hall–Kier alpha value is -1.30. The molecular formula is C17H32. The molecule has 0 bridgehead atoms. The van der Waals surface area contributed by atoms with E-state index in [1.54, 1.807) is 12.2 Å². The van der Waals surface area contributed by atoms with Crippen LogP contribution in [-0.4, -0.2) is 0 Å². The third kappa shape index (κ3) is 25.2. The van der Waals surface area contributed by atoms with Crippen molar-refractivity contribution in [3.63, 3.8) is 0 Å². The summed E-state index contributed by atoms with van der Waals surface area (Å²) in [7, 11) is 0. The van der Waals surface area contributed by atoms with Crippen LogP contribution >= 0.6 is 0 Å². The van der Waals surface area contributed by atoms with Gasteiger partial charge in [-0.3, -0.25) is 0 Å². The number of hydrogen-bond acceptors (Lipinski definition) is 0. The predicted octanol–water partition coefficient (Wildman–Crippen LogP) is 6.50. The van der Waals surface area contributed by atoms with E-state index in [9.17, 15) is 0 Å². The molecule has 0 aromatic heterocycles. The minimum absolute atomic E-state index is 1.14. The van der Waals surface area contributed by atoms with Gasteiger partial charge in [0.15, 0.2) is 0 Å². The lowest BCUT2D eigenvalue weighted by molar-refractivity contribution is 1.40. The molecule has 0 aromatic carbocycles. The molecule has 0 amide bonds. The van der Waals surface area contributed by atoms with Crippen molar-refractivity contribution >= 4 is 0 Å². The Morgan fingerprint density at radius 3 is 1.41 bits per heavy atom. The molecule has 0 radical (unpaired) electrons. The Morgan fingerprint density at radius 2 is 1.24 bits per heavy atom. The standard InChI is InChI=1S/C10H14.C3H6.2C2H6/c1-5-8-10(7-3)9(4)6-2;1-3-2;2*1-2/h5-8H,1,3H2,2,4H3;3H,1H2,2H3;2*1-2H3/b9-6-,10-8-;;;. The van der Waals surface area contributed by atoms with Crippen molar-refractivity contribution in [1.82, 2.24) is 0 Å². The summed E-state index contributed by atoms with van der Waals surface area (Å²) in [6.07, 6.45) is 9.35. The maximum Gasteiger partial charge on any atom is -0.0237 e. The highest BCUT2D eigenvalue weighted by atomic mass is 13.9. The largest absolute Gasteiger partial charge is 0.103 e. The van der Waals surface area contributed by atoms with Gasteiger partial charge < -0.3 is 0 Å². The summed E-state index contributed by atoms with van der Waals surface area (Å²) in [5.41, 5.74) is 2.37. The first kappa shape index (κ1) is 24.8. The van der Waals surface area contributed by atoms with Crippen molar-refractivity contribution < 1.29 is 0 Å². The number of rotatable bonds is 3. The van der Waals surface area contributed by atoms with Gasteiger partial charge in [0.2, 0.25) is 0 Å². The Balaban J connectivity index is -0.000000102. The highest BCUT2D eigenvalue weighted by Crippen LogP contribution is 2.09. The van der Waals surface area contributed by atoms with Gasteiger partial charge in [-0.1, -0.05) is 71.2 Å².